The molecule has 0 bridgehead atoms. The van der Waals surface area contributed by atoms with Crippen molar-refractivity contribution in [3.8, 4) is 0 Å². The van der Waals surface area contributed by atoms with Crippen molar-refractivity contribution in [3.05, 3.63) is 52.6 Å². The highest BCUT2D eigenvalue weighted by atomic mass is 19.2. The quantitative estimate of drug-likeness (QED) is 0.850. The van der Waals surface area contributed by atoms with Gasteiger partial charge in [-0.1, -0.05) is 0 Å². The highest BCUT2D eigenvalue weighted by Crippen LogP contribution is 2.21. The lowest BCUT2D eigenvalue weighted by Gasteiger charge is -2.20. The van der Waals surface area contributed by atoms with Crippen LogP contribution in [0.15, 0.2) is 18.2 Å². The van der Waals surface area contributed by atoms with E-state index in [1.165, 1.54) is 10.7 Å². The maximum Gasteiger partial charge on any atom is 0.356 e. The van der Waals surface area contributed by atoms with Crippen molar-refractivity contribution in [2.24, 2.45) is 0 Å². The van der Waals surface area contributed by atoms with Gasteiger partial charge in [0.05, 0.1) is 12.2 Å². The highest BCUT2D eigenvalue weighted by molar-refractivity contribution is 5.94. The first kappa shape index (κ1) is 16.0. The Labute approximate surface area is 134 Å². The van der Waals surface area contributed by atoms with Crippen molar-refractivity contribution in [1.29, 1.82) is 0 Å². The van der Waals surface area contributed by atoms with E-state index in [-0.39, 0.29) is 18.8 Å². The highest BCUT2D eigenvalue weighted by Gasteiger charge is 2.28. The van der Waals surface area contributed by atoms with Gasteiger partial charge in [-0.2, -0.15) is 5.10 Å². The minimum absolute atomic E-state index is 0.0749. The van der Waals surface area contributed by atoms with Gasteiger partial charge in [-0.25, -0.2) is 18.0 Å². The largest absolute Gasteiger partial charge is 0.476 e. The van der Waals surface area contributed by atoms with Crippen LogP contribution in [-0.4, -0.2) is 38.2 Å². The summed E-state index contributed by atoms with van der Waals surface area (Å²) in [4.78, 5) is 24.5. The molecular weight excluding hydrogens is 327 g/mol. The Balaban J connectivity index is 1.94. The molecule has 0 saturated heterocycles. The van der Waals surface area contributed by atoms with E-state index >= 15 is 0 Å². The van der Waals surface area contributed by atoms with Gasteiger partial charge in [0.15, 0.2) is 17.3 Å². The second kappa shape index (κ2) is 5.99. The predicted octanol–water partition coefficient (Wildman–Crippen LogP) is 2.04. The molecule has 3 rings (SSSR count). The first-order valence-electron chi connectivity index (χ1n) is 7.11. The molecule has 1 aromatic heterocycles. The van der Waals surface area contributed by atoms with Gasteiger partial charge in [0.25, 0.3) is 5.91 Å². The van der Waals surface area contributed by atoms with Gasteiger partial charge in [0, 0.05) is 13.1 Å². The van der Waals surface area contributed by atoms with Crippen LogP contribution in [-0.2, 0) is 13.1 Å². The zero-order valence-electron chi connectivity index (χ0n) is 12.3. The van der Waals surface area contributed by atoms with Gasteiger partial charge in [-0.15, -0.1) is 0 Å². The van der Waals surface area contributed by atoms with Crippen LogP contribution in [0.3, 0.4) is 0 Å². The zero-order valence-corrected chi connectivity index (χ0v) is 12.3. The smallest absolute Gasteiger partial charge is 0.356 e. The number of hydrogen-bond acceptors (Lipinski definition) is 3. The van der Waals surface area contributed by atoms with Crippen molar-refractivity contribution in [1.82, 2.24) is 14.7 Å². The Kier molecular flexibility index (Phi) is 4.00. The fraction of sp³-hybridized carbons (Fsp3) is 0.267. The van der Waals surface area contributed by atoms with E-state index in [9.17, 15) is 22.8 Å². The summed E-state index contributed by atoms with van der Waals surface area (Å²) in [6, 6.07) is 2.60. The second-order valence-corrected chi connectivity index (χ2v) is 5.35. The van der Waals surface area contributed by atoms with Gasteiger partial charge < -0.3 is 10.0 Å². The predicted molar refractivity (Wildman–Crippen MR) is 74.9 cm³/mol. The summed E-state index contributed by atoms with van der Waals surface area (Å²) >= 11 is 0. The first-order chi connectivity index (χ1) is 11.4. The molecule has 1 amide bonds. The number of halogens is 3. The van der Waals surface area contributed by atoms with Gasteiger partial charge in [-0.3, -0.25) is 9.48 Å². The number of rotatable bonds is 2. The Morgan fingerprint density at radius 1 is 1.12 bits per heavy atom. The molecule has 24 heavy (non-hydrogen) atoms. The van der Waals surface area contributed by atoms with E-state index < -0.39 is 34.9 Å². The normalized spacial score (nSPS) is 14.2. The number of aryl methyl sites for hydroxylation is 1. The number of carbonyl (C=O) groups is 2. The second-order valence-electron chi connectivity index (χ2n) is 5.35. The van der Waals surface area contributed by atoms with Crippen LogP contribution in [0, 0.1) is 17.5 Å². The van der Waals surface area contributed by atoms with Gasteiger partial charge in [-0.05, 0) is 24.6 Å². The number of carboxylic acids is 1. The lowest BCUT2D eigenvalue weighted by Crippen LogP contribution is -2.32. The molecule has 0 atom stereocenters. The molecule has 1 aliphatic heterocycles. The average molecular weight is 339 g/mol. The maximum absolute atomic E-state index is 13.8. The number of carbonyl (C=O) groups excluding carboxylic acids is 1. The summed E-state index contributed by atoms with van der Waals surface area (Å²) in [5.41, 5.74) is -0.709. The molecule has 0 unspecified atom stereocenters. The van der Waals surface area contributed by atoms with Crippen LogP contribution in [0.5, 0.6) is 0 Å². The van der Waals surface area contributed by atoms with E-state index in [0.717, 1.165) is 4.90 Å². The SMILES string of the molecule is O=C(O)c1cc2n(n1)CCCN(C(=O)c1c(F)ccc(F)c1F)C2. The molecule has 1 N–H and O–H groups in total. The number of amides is 1. The van der Waals surface area contributed by atoms with E-state index in [2.05, 4.69) is 5.10 Å². The molecule has 9 heteroatoms. The molecule has 0 aliphatic carbocycles. The van der Waals surface area contributed by atoms with Crippen molar-refractivity contribution in [3.63, 3.8) is 0 Å². The number of carboxylic acid groups (broad SMARTS) is 1. The van der Waals surface area contributed by atoms with Gasteiger partial charge >= 0.3 is 5.97 Å². The molecule has 1 aromatic carbocycles. The standard InChI is InChI=1S/C15H12F3N3O3/c16-9-2-3-10(17)13(18)12(9)14(22)20-4-1-5-21-8(7-20)6-11(19-21)15(23)24/h2-3,6H,1,4-5,7H2,(H,23,24). The Morgan fingerprint density at radius 3 is 2.54 bits per heavy atom. The topological polar surface area (TPSA) is 75.4 Å². The molecule has 0 radical (unpaired) electrons. The molecular formula is C15H12F3N3O3. The van der Waals surface area contributed by atoms with Crippen LogP contribution >= 0.6 is 0 Å². The fourth-order valence-electron chi connectivity index (χ4n) is 2.62. The Bertz CT molecular complexity index is 835. The fourth-order valence-corrected chi connectivity index (χ4v) is 2.62. The summed E-state index contributed by atoms with van der Waals surface area (Å²) in [7, 11) is 0. The summed E-state index contributed by atoms with van der Waals surface area (Å²) in [6.45, 7) is 0.467. The molecule has 6 nitrogen and oxygen atoms in total. The third-order valence-corrected chi connectivity index (χ3v) is 3.78. The molecule has 0 spiro atoms. The van der Waals surface area contributed by atoms with Crippen molar-refractivity contribution in [2.45, 2.75) is 19.5 Å². The number of aromatic carboxylic acids is 1. The summed E-state index contributed by atoms with van der Waals surface area (Å²) in [5.74, 6) is -6.20. The van der Waals surface area contributed by atoms with E-state index in [1.54, 1.807) is 0 Å². The third kappa shape index (κ3) is 2.72. The van der Waals surface area contributed by atoms with Gasteiger partial charge in [0.1, 0.15) is 11.4 Å². The summed E-state index contributed by atoms with van der Waals surface area (Å²) < 4.78 is 42.4. The minimum Gasteiger partial charge on any atom is -0.476 e. The molecule has 0 saturated carbocycles. The van der Waals surface area contributed by atoms with E-state index in [1.807, 2.05) is 0 Å². The number of hydrogen-bond donors (Lipinski definition) is 1. The lowest BCUT2D eigenvalue weighted by atomic mass is 10.1. The number of benzene rings is 1. The zero-order chi connectivity index (χ0) is 17.4. The van der Waals surface area contributed by atoms with Crippen LogP contribution < -0.4 is 0 Å². The van der Waals surface area contributed by atoms with Crippen molar-refractivity contribution < 1.29 is 27.9 Å². The molecule has 2 heterocycles. The Morgan fingerprint density at radius 2 is 1.83 bits per heavy atom. The molecule has 2 aromatic rings. The molecule has 126 valence electrons. The van der Waals surface area contributed by atoms with Crippen molar-refractivity contribution >= 4 is 11.9 Å². The maximum atomic E-state index is 13.8. The van der Waals surface area contributed by atoms with E-state index in [0.29, 0.717) is 30.8 Å². The Hall–Kier alpha value is -2.84. The molecule has 1 aliphatic rings. The average Bonchev–Trinajstić information content (AvgIpc) is 2.83. The van der Waals surface area contributed by atoms with Crippen LogP contribution in [0.2, 0.25) is 0 Å². The van der Waals surface area contributed by atoms with Gasteiger partial charge in [0.2, 0.25) is 0 Å². The lowest BCUT2D eigenvalue weighted by molar-refractivity contribution is 0.0688. The summed E-state index contributed by atoms with van der Waals surface area (Å²) in [5, 5.41) is 12.9. The van der Waals surface area contributed by atoms with Crippen LogP contribution in [0.25, 0.3) is 0 Å². The minimum atomic E-state index is -1.54. The number of aromatic nitrogens is 2. The van der Waals surface area contributed by atoms with E-state index in [4.69, 9.17) is 5.11 Å². The first-order valence-corrected chi connectivity index (χ1v) is 7.11. The summed E-state index contributed by atoms with van der Waals surface area (Å²) in [6.07, 6.45) is 0.415. The van der Waals surface area contributed by atoms with Crippen LogP contribution in [0.1, 0.15) is 33.0 Å². The number of fused-ring (bicyclic) bond motifs is 1. The van der Waals surface area contributed by atoms with Crippen molar-refractivity contribution in [2.75, 3.05) is 6.54 Å². The molecule has 0 fully saturated rings. The monoisotopic (exact) mass is 339 g/mol. The van der Waals surface area contributed by atoms with Crippen LogP contribution in [0.4, 0.5) is 13.2 Å². The number of nitrogens with zero attached hydrogens (tertiary/aromatic N) is 3. The third-order valence-electron chi connectivity index (χ3n) is 3.78.